The maximum Gasteiger partial charge on any atom is 0.303 e. The van der Waals surface area contributed by atoms with E-state index in [0.717, 1.165) is 0 Å². The molecule has 0 atom stereocenters. The number of hydrogen-bond donors (Lipinski definition) is 1. The second-order valence-corrected chi connectivity index (χ2v) is 5.51. The van der Waals surface area contributed by atoms with Crippen molar-refractivity contribution >= 4 is 5.97 Å². The molecule has 1 fully saturated rings. The van der Waals surface area contributed by atoms with Crippen LogP contribution in [0, 0.1) is 11.2 Å². The van der Waals surface area contributed by atoms with Crippen LogP contribution in [-0.2, 0) is 14.9 Å². The predicted octanol–water partition coefficient (Wildman–Crippen LogP) is 2.59. The van der Waals surface area contributed by atoms with Crippen LogP contribution in [0.5, 0.6) is 0 Å². The molecule has 0 aliphatic carbocycles. The van der Waals surface area contributed by atoms with Crippen molar-refractivity contribution in [2.75, 3.05) is 13.2 Å². The van der Waals surface area contributed by atoms with Gasteiger partial charge in [-0.1, -0.05) is 32.0 Å². The molecule has 3 nitrogen and oxygen atoms in total. The standard InChI is InChI=1S/C14H17FO3/c1-13(2,7-12(16)17)14(8-18-9-14)10-5-3-4-6-11(10)15/h3-6H,7-9H2,1-2H3,(H,16,17). The van der Waals surface area contributed by atoms with Crippen LogP contribution in [-0.4, -0.2) is 24.3 Å². The zero-order chi connectivity index (χ0) is 13.4. The monoisotopic (exact) mass is 252 g/mol. The molecule has 2 rings (SSSR count). The number of ether oxygens (including phenoxy) is 1. The summed E-state index contributed by atoms with van der Waals surface area (Å²) in [5.74, 6) is -1.16. The van der Waals surface area contributed by atoms with Gasteiger partial charge >= 0.3 is 5.97 Å². The normalized spacial score (nSPS) is 18.2. The topological polar surface area (TPSA) is 46.5 Å². The third-order valence-corrected chi connectivity index (χ3v) is 3.98. The maximum atomic E-state index is 14.0. The minimum Gasteiger partial charge on any atom is -0.481 e. The number of carboxylic acids is 1. The second kappa shape index (κ2) is 4.35. The first kappa shape index (κ1) is 13.0. The fourth-order valence-corrected chi connectivity index (χ4v) is 2.61. The lowest BCUT2D eigenvalue weighted by Crippen LogP contribution is -2.57. The average Bonchev–Trinajstić information content (AvgIpc) is 2.16. The van der Waals surface area contributed by atoms with E-state index in [9.17, 15) is 9.18 Å². The van der Waals surface area contributed by atoms with Gasteiger partial charge in [0.15, 0.2) is 0 Å². The smallest absolute Gasteiger partial charge is 0.303 e. The van der Waals surface area contributed by atoms with E-state index in [4.69, 9.17) is 9.84 Å². The number of hydrogen-bond acceptors (Lipinski definition) is 2. The minimum absolute atomic E-state index is 0.00923. The van der Waals surface area contributed by atoms with Crippen molar-refractivity contribution in [1.82, 2.24) is 0 Å². The van der Waals surface area contributed by atoms with Gasteiger partial charge in [-0.15, -0.1) is 0 Å². The van der Waals surface area contributed by atoms with Crippen LogP contribution in [0.15, 0.2) is 24.3 Å². The Labute approximate surface area is 106 Å². The van der Waals surface area contributed by atoms with Crippen molar-refractivity contribution in [2.24, 2.45) is 5.41 Å². The Morgan fingerprint density at radius 3 is 2.50 bits per heavy atom. The van der Waals surface area contributed by atoms with E-state index in [1.807, 2.05) is 13.8 Å². The van der Waals surface area contributed by atoms with E-state index >= 15 is 0 Å². The first-order valence-electron chi connectivity index (χ1n) is 5.94. The Balaban J connectivity index is 2.43. The van der Waals surface area contributed by atoms with Crippen LogP contribution in [0.2, 0.25) is 0 Å². The molecule has 0 amide bonds. The minimum atomic E-state index is -0.873. The predicted molar refractivity (Wildman–Crippen MR) is 64.9 cm³/mol. The van der Waals surface area contributed by atoms with Crippen LogP contribution in [0.1, 0.15) is 25.8 Å². The van der Waals surface area contributed by atoms with Crippen molar-refractivity contribution in [2.45, 2.75) is 25.7 Å². The summed E-state index contributed by atoms with van der Waals surface area (Å²) in [7, 11) is 0. The second-order valence-electron chi connectivity index (χ2n) is 5.51. The van der Waals surface area contributed by atoms with Gasteiger partial charge in [0.05, 0.1) is 25.0 Å². The van der Waals surface area contributed by atoms with Crippen LogP contribution in [0.3, 0.4) is 0 Å². The summed E-state index contributed by atoms with van der Waals surface area (Å²) in [5.41, 5.74) is -0.543. The molecule has 98 valence electrons. The summed E-state index contributed by atoms with van der Waals surface area (Å²) in [4.78, 5) is 11.0. The molecule has 1 N–H and O–H groups in total. The number of rotatable bonds is 4. The third-order valence-electron chi connectivity index (χ3n) is 3.98. The van der Waals surface area contributed by atoms with Gasteiger partial charge in [0.1, 0.15) is 5.82 Å². The molecule has 0 spiro atoms. The fraction of sp³-hybridized carbons (Fsp3) is 0.500. The average molecular weight is 252 g/mol. The van der Waals surface area contributed by atoms with E-state index in [2.05, 4.69) is 0 Å². The summed E-state index contributed by atoms with van der Waals surface area (Å²) >= 11 is 0. The Kier molecular flexibility index (Phi) is 3.15. The molecule has 0 radical (unpaired) electrons. The summed E-state index contributed by atoms with van der Waals surface area (Å²) in [6.07, 6.45) is -0.00923. The summed E-state index contributed by atoms with van der Waals surface area (Å²) in [5, 5.41) is 9.01. The number of aliphatic carboxylic acids is 1. The zero-order valence-corrected chi connectivity index (χ0v) is 10.6. The van der Waals surface area contributed by atoms with E-state index < -0.39 is 16.8 Å². The summed E-state index contributed by atoms with van der Waals surface area (Å²) in [6.45, 7) is 4.45. The molecular weight excluding hydrogens is 235 g/mol. The number of carboxylic acid groups (broad SMARTS) is 1. The Morgan fingerprint density at radius 1 is 1.44 bits per heavy atom. The highest BCUT2D eigenvalue weighted by atomic mass is 19.1. The molecule has 1 aromatic rings. The van der Waals surface area contributed by atoms with Crippen LogP contribution >= 0.6 is 0 Å². The number of benzene rings is 1. The zero-order valence-electron chi connectivity index (χ0n) is 10.6. The molecule has 4 heteroatoms. The van der Waals surface area contributed by atoms with Crippen molar-refractivity contribution in [1.29, 1.82) is 0 Å². The lowest BCUT2D eigenvalue weighted by Gasteiger charge is -2.52. The summed E-state index contributed by atoms with van der Waals surface area (Å²) < 4.78 is 19.2. The van der Waals surface area contributed by atoms with E-state index in [1.54, 1.807) is 18.2 Å². The first-order valence-corrected chi connectivity index (χ1v) is 5.94. The van der Waals surface area contributed by atoms with Crippen molar-refractivity contribution < 1.29 is 19.0 Å². The largest absolute Gasteiger partial charge is 0.481 e. The van der Waals surface area contributed by atoms with Gasteiger partial charge in [0.2, 0.25) is 0 Å². The molecule has 0 bridgehead atoms. The van der Waals surface area contributed by atoms with Gasteiger partial charge in [-0.2, -0.15) is 0 Å². The first-order chi connectivity index (χ1) is 8.39. The Hall–Kier alpha value is -1.42. The Morgan fingerprint density at radius 2 is 2.06 bits per heavy atom. The third kappa shape index (κ3) is 1.90. The highest BCUT2D eigenvalue weighted by Gasteiger charge is 2.53. The maximum absolute atomic E-state index is 14.0. The Bertz CT molecular complexity index is 464. The quantitative estimate of drug-likeness (QED) is 0.896. The van der Waals surface area contributed by atoms with Gasteiger partial charge in [0, 0.05) is 0 Å². The van der Waals surface area contributed by atoms with Gasteiger partial charge < -0.3 is 9.84 Å². The molecule has 1 aromatic carbocycles. The van der Waals surface area contributed by atoms with Gasteiger partial charge in [0.25, 0.3) is 0 Å². The fourth-order valence-electron chi connectivity index (χ4n) is 2.61. The number of halogens is 1. The lowest BCUT2D eigenvalue weighted by atomic mass is 9.59. The molecule has 1 aliphatic heterocycles. The van der Waals surface area contributed by atoms with Crippen LogP contribution < -0.4 is 0 Å². The lowest BCUT2D eigenvalue weighted by molar-refractivity contribution is -0.151. The molecule has 1 aliphatic rings. The number of carbonyl (C=O) groups is 1. The molecular formula is C14H17FO3. The van der Waals surface area contributed by atoms with Gasteiger partial charge in [-0.3, -0.25) is 4.79 Å². The van der Waals surface area contributed by atoms with E-state index in [1.165, 1.54) is 6.07 Å². The van der Waals surface area contributed by atoms with Crippen molar-refractivity contribution in [3.63, 3.8) is 0 Å². The highest BCUT2D eigenvalue weighted by molar-refractivity contribution is 5.68. The summed E-state index contributed by atoms with van der Waals surface area (Å²) in [6, 6.07) is 6.54. The molecule has 0 aromatic heterocycles. The molecule has 0 saturated carbocycles. The van der Waals surface area contributed by atoms with Crippen molar-refractivity contribution in [3.05, 3.63) is 35.6 Å². The SMILES string of the molecule is CC(C)(CC(=O)O)C1(c2ccccc2F)COC1. The highest BCUT2D eigenvalue weighted by Crippen LogP contribution is 2.49. The molecule has 1 saturated heterocycles. The molecule has 0 unspecified atom stereocenters. The van der Waals surface area contributed by atoms with E-state index in [-0.39, 0.29) is 12.2 Å². The van der Waals surface area contributed by atoms with Gasteiger partial charge in [-0.25, -0.2) is 4.39 Å². The van der Waals surface area contributed by atoms with Crippen molar-refractivity contribution in [3.8, 4) is 0 Å². The van der Waals surface area contributed by atoms with Crippen LogP contribution in [0.25, 0.3) is 0 Å². The van der Waals surface area contributed by atoms with Crippen LogP contribution in [0.4, 0.5) is 4.39 Å². The molecule has 18 heavy (non-hydrogen) atoms. The van der Waals surface area contributed by atoms with Gasteiger partial charge in [-0.05, 0) is 17.0 Å². The molecule has 1 heterocycles. The van der Waals surface area contributed by atoms with E-state index in [0.29, 0.717) is 18.8 Å².